The number of aromatic hydroxyl groups is 1. The number of rotatable bonds is 1. The number of ketones is 2. The van der Waals surface area contributed by atoms with Gasteiger partial charge in [-0.25, -0.2) is 0 Å². The minimum absolute atomic E-state index is 0.0231. The number of carbonyl (C=O) groups is 2. The van der Waals surface area contributed by atoms with Crippen molar-refractivity contribution in [1.82, 2.24) is 0 Å². The van der Waals surface area contributed by atoms with Crippen LogP contribution in [-0.2, 0) is 0 Å². The van der Waals surface area contributed by atoms with E-state index >= 15 is 0 Å². The van der Waals surface area contributed by atoms with Gasteiger partial charge in [-0.2, -0.15) is 0 Å². The lowest BCUT2D eigenvalue weighted by Crippen LogP contribution is -2.15. The van der Waals surface area contributed by atoms with E-state index in [4.69, 9.17) is 4.74 Å². The molecule has 0 bridgehead atoms. The fourth-order valence-electron chi connectivity index (χ4n) is 1.72. The van der Waals surface area contributed by atoms with E-state index < -0.39 is 0 Å². The van der Waals surface area contributed by atoms with Gasteiger partial charge in [-0.15, -0.1) is 0 Å². The predicted molar refractivity (Wildman–Crippen MR) is 57.1 cm³/mol. The molecule has 1 aromatic carbocycles. The van der Waals surface area contributed by atoms with Gasteiger partial charge >= 0.3 is 0 Å². The van der Waals surface area contributed by atoms with Crippen molar-refractivity contribution < 1.29 is 19.4 Å². The lowest BCUT2D eigenvalue weighted by molar-refractivity contribution is 0.0981. The summed E-state index contributed by atoms with van der Waals surface area (Å²) in [7, 11) is 1.39. The van der Waals surface area contributed by atoms with Crippen molar-refractivity contribution in [3.8, 4) is 11.5 Å². The molecule has 0 radical (unpaired) electrons. The molecule has 0 aromatic heterocycles. The van der Waals surface area contributed by atoms with Crippen LogP contribution >= 0.6 is 0 Å². The molecule has 1 aliphatic carbocycles. The maximum absolute atomic E-state index is 11.7. The van der Waals surface area contributed by atoms with E-state index in [1.165, 1.54) is 25.3 Å². The molecule has 82 valence electrons. The monoisotopic (exact) mass is 218 g/mol. The van der Waals surface area contributed by atoms with Crippen LogP contribution in [0.5, 0.6) is 11.5 Å². The van der Waals surface area contributed by atoms with E-state index in [0.717, 1.165) is 0 Å². The van der Waals surface area contributed by atoms with Crippen LogP contribution in [0.2, 0.25) is 0 Å². The van der Waals surface area contributed by atoms with E-state index in [1.807, 2.05) is 0 Å². The summed E-state index contributed by atoms with van der Waals surface area (Å²) in [5, 5.41) is 9.78. The number of methoxy groups -OCH3 is 1. The Kier molecular flexibility index (Phi) is 2.27. The minimum Gasteiger partial charge on any atom is -0.504 e. The highest BCUT2D eigenvalue weighted by Gasteiger charge is 2.27. The molecule has 0 aliphatic heterocycles. The average Bonchev–Trinajstić information content (AvgIpc) is 2.25. The summed E-state index contributed by atoms with van der Waals surface area (Å²) in [6.07, 6.45) is 1.23. The molecule has 1 N–H and O–H groups in total. The zero-order valence-corrected chi connectivity index (χ0v) is 8.90. The predicted octanol–water partition coefficient (Wildman–Crippen LogP) is 1.73. The Hall–Kier alpha value is -2.10. The molecule has 0 fully saturated rings. The van der Waals surface area contributed by atoms with Gasteiger partial charge in [0.25, 0.3) is 0 Å². The van der Waals surface area contributed by atoms with Crippen molar-refractivity contribution in [1.29, 1.82) is 0 Å². The summed E-state index contributed by atoms with van der Waals surface area (Å²) < 4.78 is 4.89. The van der Waals surface area contributed by atoms with Crippen LogP contribution < -0.4 is 4.74 Å². The van der Waals surface area contributed by atoms with Gasteiger partial charge in [0.15, 0.2) is 23.1 Å². The first-order valence-electron chi connectivity index (χ1n) is 4.73. The summed E-state index contributed by atoms with van der Waals surface area (Å²) in [5.74, 6) is -0.703. The van der Waals surface area contributed by atoms with Crippen molar-refractivity contribution >= 4 is 11.6 Å². The number of hydrogen-bond donors (Lipinski definition) is 1. The molecule has 1 aliphatic rings. The molecule has 0 amide bonds. The Morgan fingerprint density at radius 2 is 1.94 bits per heavy atom. The second-order valence-corrected chi connectivity index (χ2v) is 3.56. The molecule has 2 rings (SSSR count). The van der Waals surface area contributed by atoms with Crippen molar-refractivity contribution in [2.24, 2.45) is 0 Å². The fourth-order valence-corrected chi connectivity index (χ4v) is 1.72. The van der Waals surface area contributed by atoms with Crippen LogP contribution in [0.3, 0.4) is 0 Å². The maximum Gasteiger partial charge on any atom is 0.190 e. The van der Waals surface area contributed by atoms with E-state index in [0.29, 0.717) is 5.57 Å². The molecule has 4 nitrogen and oxygen atoms in total. The third-order valence-corrected chi connectivity index (χ3v) is 2.56. The largest absolute Gasteiger partial charge is 0.504 e. The second-order valence-electron chi connectivity index (χ2n) is 3.56. The van der Waals surface area contributed by atoms with Gasteiger partial charge in [0.05, 0.1) is 12.7 Å². The first kappa shape index (κ1) is 10.4. The Bertz CT molecular complexity index is 526. The molecule has 0 unspecified atom stereocenters. The van der Waals surface area contributed by atoms with Gasteiger partial charge in [0, 0.05) is 11.1 Å². The van der Waals surface area contributed by atoms with Gasteiger partial charge < -0.3 is 9.84 Å². The summed E-state index contributed by atoms with van der Waals surface area (Å²) in [5.41, 5.74) is 0.625. The third-order valence-electron chi connectivity index (χ3n) is 2.56. The zero-order chi connectivity index (χ0) is 11.9. The van der Waals surface area contributed by atoms with E-state index in [1.54, 1.807) is 6.92 Å². The van der Waals surface area contributed by atoms with Crippen molar-refractivity contribution in [2.75, 3.05) is 7.11 Å². The maximum atomic E-state index is 11.7. The zero-order valence-electron chi connectivity index (χ0n) is 8.90. The molecule has 0 saturated carbocycles. The smallest absolute Gasteiger partial charge is 0.190 e. The topological polar surface area (TPSA) is 63.6 Å². The normalized spacial score (nSPS) is 14.5. The molecule has 0 heterocycles. The van der Waals surface area contributed by atoms with Crippen LogP contribution in [0.4, 0.5) is 0 Å². The fraction of sp³-hybridized carbons (Fsp3) is 0.167. The summed E-state index contributed by atoms with van der Waals surface area (Å²) in [4.78, 5) is 23.4. The molecular formula is C12H10O4. The molecule has 4 heteroatoms. The number of phenolic OH excluding ortho intramolecular Hbond substituents is 1. The number of ether oxygens (including phenoxy) is 1. The highest BCUT2D eigenvalue weighted by Crippen LogP contribution is 2.35. The van der Waals surface area contributed by atoms with Gasteiger partial charge in [0.1, 0.15) is 0 Å². The molecule has 0 atom stereocenters. The number of fused-ring (bicyclic) bond motifs is 1. The van der Waals surface area contributed by atoms with Crippen molar-refractivity contribution in [2.45, 2.75) is 6.92 Å². The number of carbonyl (C=O) groups excluding carboxylic acids is 2. The summed E-state index contributed by atoms with van der Waals surface area (Å²) in [6.45, 7) is 1.57. The lowest BCUT2D eigenvalue weighted by Gasteiger charge is -2.15. The molecular weight excluding hydrogens is 208 g/mol. The lowest BCUT2D eigenvalue weighted by atomic mass is 9.89. The highest BCUT2D eigenvalue weighted by molar-refractivity contribution is 6.25. The van der Waals surface area contributed by atoms with Gasteiger partial charge in [0.2, 0.25) is 0 Å². The summed E-state index contributed by atoms with van der Waals surface area (Å²) in [6, 6.07) is 2.96. The highest BCUT2D eigenvalue weighted by atomic mass is 16.5. The van der Waals surface area contributed by atoms with E-state index in [9.17, 15) is 14.7 Å². The average molecular weight is 218 g/mol. The standard InChI is InChI=1S/C12H10O4/c1-6-5-8(13)10-7(11(6)14)3-4-9(16-2)12(10)15/h3-5,15H,1-2H3. The van der Waals surface area contributed by atoms with Gasteiger partial charge in [-0.3, -0.25) is 9.59 Å². The number of hydrogen-bond acceptors (Lipinski definition) is 4. The quantitative estimate of drug-likeness (QED) is 0.779. The molecule has 0 spiro atoms. The second kappa shape index (κ2) is 3.48. The van der Waals surface area contributed by atoms with Crippen LogP contribution in [0.1, 0.15) is 27.6 Å². The molecule has 16 heavy (non-hydrogen) atoms. The number of Topliss-reactive ketones (excluding diaryl/α,β-unsaturated/α-hetero) is 1. The van der Waals surface area contributed by atoms with Gasteiger partial charge in [-0.05, 0) is 25.1 Å². The Morgan fingerprint density at radius 3 is 2.56 bits per heavy atom. The van der Waals surface area contributed by atoms with Crippen LogP contribution in [0, 0.1) is 0 Å². The minimum atomic E-state index is -0.372. The first-order valence-corrected chi connectivity index (χ1v) is 4.73. The SMILES string of the molecule is COc1ccc2c(c1O)C(=O)C=C(C)C2=O. The molecule has 1 aromatic rings. The van der Waals surface area contributed by atoms with Crippen LogP contribution in [0.25, 0.3) is 0 Å². The van der Waals surface area contributed by atoms with Crippen LogP contribution in [0.15, 0.2) is 23.8 Å². The number of benzene rings is 1. The third kappa shape index (κ3) is 1.31. The van der Waals surface area contributed by atoms with Crippen molar-refractivity contribution in [3.05, 3.63) is 34.9 Å². The number of phenols is 1. The Morgan fingerprint density at radius 1 is 1.25 bits per heavy atom. The first-order chi connectivity index (χ1) is 7.56. The summed E-state index contributed by atoms with van der Waals surface area (Å²) >= 11 is 0. The Labute approximate surface area is 92.2 Å². The number of allylic oxidation sites excluding steroid dienone is 2. The van der Waals surface area contributed by atoms with E-state index in [-0.39, 0.29) is 34.2 Å². The van der Waals surface area contributed by atoms with Crippen LogP contribution in [-0.4, -0.2) is 23.8 Å². The Balaban J connectivity index is 2.73. The van der Waals surface area contributed by atoms with Gasteiger partial charge in [-0.1, -0.05) is 0 Å². The van der Waals surface area contributed by atoms with E-state index in [2.05, 4.69) is 0 Å². The molecule has 0 saturated heterocycles. The van der Waals surface area contributed by atoms with Crippen molar-refractivity contribution in [3.63, 3.8) is 0 Å².